The minimum atomic E-state index is -1.22. The van der Waals surface area contributed by atoms with Crippen LogP contribution in [-0.2, 0) is 0 Å². The van der Waals surface area contributed by atoms with Gasteiger partial charge in [0.25, 0.3) is 0 Å². The lowest BCUT2D eigenvalue weighted by atomic mass is 10.0. The summed E-state index contributed by atoms with van der Waals surface area (Å²) in [5.41, 5.74) is 0.569. The number of rotatable bonds is 3. The van der Waals surface area contributed by atoms with Gasteiger partial charge in [-0.2, -0.15) is 12.6 Å². The molecule has 1 aromatic rings. The number of aryl methyl sites for hydroxylation is 1. The molecule has 0 aliphatic rings. The first-order valence-corrected chi connectivity index (χ1v) is 4.93. The lowest BCUT2D eigenvalue weighted by Crippen LogP contribution is -2.21. The van der Waals surface area contributed by atoms with E-state index >= 15 is 0 Å². The molecule has 2 N–H and O–H groups in total. The number of halogens is 1. The number of aliphatic hydroxyl groups excluding tert-OH is 2. The van der Waals surface area contributed by atoms with Crippen molar-refractivity contribution in [1.29, 1.82) is 0 Å². The first-order chi connectivity index (χ1) is 6.57. The Morgan fingerprint density at radius 3 is 2.64 bits per heavy atom. The quantitative estimate of drug-likeness (QED) is 0.669. The zero-order valence-electron chi connectivity index (χ0n) is 7.81. The van der Waals surface area contributed by atoms with E-state index in [1.807, 2.05) is 0 Å². The van der Waals surface area contributed by atoms with Crippen molar-refractivity contribution in [1.82, 2.24) is 0 Å². The predicted molar refractivity (Wildman–Crippen MR) is 56.0 cm³/mol. The zero-order valence-corrected chi connectivity index (χ0v) is 8.71. The third-order valence-electron chi connectivity index (χ3n) is 2.09. The van der Waals surface area contributed by atoms with Crippen LogP contribution in [0.5, 0.6) is 0 Å². The van der Waals surface area contributed by atoms with Gasteiger partial charge in [-0.1, -0.05) is 18.2 Å². The van der Waals surface area contributed by atoms with Crippen LogP contribution in [0.2, 0.25) is 0 Å². The van der Waals surface area contributed by atoms with Crippen molar-refractivity contribution >= 4 is 12.6 Å². The molecule has 0 heterocycles. The van der Waals surface area contributed by atoms with E-state index in [4.69, 9.17) is 0 Å². The van der Waals surface area contributed by atoms with Gasteiger partial charge >= 0.3 is 0 Å². The van der Waals surface area contributed by atoms with Crippen LogP contribution < -0.4 is 0 Å². The fraction of sp³-hybridized carbons (Fsp3) is 0.400. The fourth-order valence-corrected chi connectivity index (χ4v) is 1.41. The lowest BCUT2D eigenvalue weighted by molar-refractivity contribution is 0.0314. The normalized spacial score (nSPS) is 15.2. The largest absolute Gasteiger partial charge is 0.389 e. The molecule has 2 unspecified atom stereocenters. The first kappa shape index (κ1) is 11.5. The van der Waals surface area contributed by atoms with E-state index in [2.05, 4.69) is 12.6 Å². The van der Waals surface area contributed by atoms with Crippen LogP contribution in [0.15, 0.2) is 18.2 Å². The Morgan fingerprint density at radius 1 is 1.43 bits per heavy atom. The van der Waals surface area contributed by atoms with Crippen molar-refractivity contribution in [2.75, 3.05) is 5.75 Å². The van der Waals surface area contributed by atoms with Gasteiger partial charge in [0.2, 0.25) is 0 Å². The highest BCUT2D eigenvalue weighted by Gasteiger charge is 2.20. The number of hydrogen-bond acceptors (Lipinski definition) is 3. The summed E-state index contributed by atoms with van der Waals surface area (Å²) in [6, 6.07) is 4.71. The maximum absolute atomic E-state index is 13.5. The monoisotopic (exact) mass is 216 g/mol. The molecule has 0 fully saturated rings. The molecule has 0 amide bonds. The van der Waals surface area contributed by atoms with Gasteiger partial charge in [-0.3, -0.25) is 0 Å². The molecule has 0 spiro atoms. The average Bonchev–Trinajstić information content (AvgIpc) is 2.20. The summed E-state index contributed by atoms with van der Waals surface area (Å²) < 4.78 is 13.5. The number of aliphatic hydroxyl groups is 2. The maximum Gasteiger partial charge on any atom is 0.132 e. The molecule has 0 aromatic heterocycles. The molecular weight excluding hydrogens is 203 g/mol. The van der Waals surface area contributed by atoms with Crippen LogP contribution in [-0.4, -0.2) is 22.1 Å². The zero-order chi connectivity index (χ0) is 10.7. The Morgan fingerprint density at radius 2 is 2.07 bits per heavy atom. The summed E-state index contributed by atoms with van der Waals surface area (Å²) in [7, 11) is 0. The Labute approximate surface area is 87.8 Å². The van der Waals surface area contributed by atoms with E-state index in [0.29, 0.717) is 5.56 Å². The van der Waals surface area contributed by atoms with Crippen molar-refractivity contribution in [2.45, 2.75) is 19.1 Å². The number of benzene rings is 1. The van der Waals surface area contributed by atoms with Crippen LogP contribution in [0.25, 0.3) is 0 Å². The SMILES string of the molecule is Cc1cccc(C(O)C(O)CS)c1F. The van der Waals surface area contributed by atoms with Gasteiger partial charge in [0.05, 0.1) is 6.10 Å². The topological polar surface area (TPSA) is 40.5 Å². The second kappa shape index (κ2) is 4.77. The van der Waals surface area contributed by atoms with Gasteiger partial charge in [0.1, 0.15) is 11.9 Å². The van der Waals surface area contributed by atoms with Crippen molar-refractivity contribution in [3.05, 3.63) is 35.1 Å². The molecule has 0 saturated heterocycles. The van der Waals surface area contributed by atoms with E-state index in [1.165, 1.54) is 6.07 Å². The molecule has 0 saturated carbocycles. The van der Waals surface area contributed by atoms with Gasteiger partial charge in [0.15, 0.2) is 0 Å². The van der Waals surface area contributed by atoms with E-state index in [-0.39, 0.29) is 11.3 Å². The van der Waals surface area contributed by atoms with Crippen molar-refractivity contribution in [3.8, 4) is 0 Å². The highest BCUT2D eigenvalue weighted by molar-refractivity contribution is 7.80. The van der Waals surface area contributed by atoms with Crippen molar-refractivity contribution < 1.29 is 14.6 Å². The molecule has 0 radical (unpaired) electrons. The number of thiol groups is 1. The summed E-state index contributed by atoms with van der Waals surface area (Å²) in [4.78, 5) is 0. The summed E-state index contributed by atoms with van der Waals surface area (Å²) >= 11 is 3.83. The molecule has 0 bridgehead atoms. The molecule has 78 valence electrons. The van der Waals surface area contributed by atoms with E-state index < -0.39 is 18.0 Å². The molecule has 0 aliphatic heterocycles. The van der Waals surface area contributed by atoms with Crippen LogP contribution >= 0.6 is 12.6 Å². The minimum absolute atomic E-state index is 0.0918. The van der Waals surface area contributed by atoms with Crippen molar-refractivity contribution in [3.63, 3.8) is 0 Å². The predicted octanol–water partition coefficient (Wildman–Crippen LogP) is 1.46. The minimum Gasteiger partial charge on any atom is -0.389 e. The molecular formula is C10H13FO2S. The molecule has 0 aliphatic carbocycles. The smallest absolute Gasteiger partial charge is 0.132 e. The van der Waals surface area contributed by atoms with Crippen LogP contribution in [0.1, 0.15) is 17.2 Å². The van der Waals surface area contributed by atoms with Crippen LogP contribution in [0.3, 0.4) is 0 Å². The van der Waals surface area contributed by atoms with Crippen LogP contribution in [0, 0.1) is 12.7 Å². The van der Waals surface area contributed by atoms with Gasteiger partial charge in [-0.05, 0) is 12.5 Å². The molecule has 14 heavy (non-hydrogen) atoms. The molecule has 1 aromatic carbocycles. The Hall–Kier alpha value is -0.580. The summed E-state index contributed by atoms with van der Waals surface area (Å²) in [5, 5.41) is 18.9. The average molecular weight is 216 g/mol. The van der Waals surface area contributed by atoms with Crippen molar-refractivity contribution in [2.24, 2.45) is 0 Å². The van der Waals surface area contributed by atoms with E-state index in [1.54, 1.807) is 19.1 Å². The third-order valence-corrected chi connectivity index (χ3v) is 2.47. The molecule has 2 atom stereocenters. The second-order valence-electron chi connectivity index (χ2n) is 3.17. The van der Waals surface area contributed by atoms with Crippen LogP contribution in [0.4, 0.5) is 4.39 Å². The maximum atomic E-state index is 13.5. The number of hydrogen-bond donors (Lipinski definition) is 3. The van der Waals surface area contributed by atoms with E-state index in [9.17, 15) is 14.6 Å². The standard InChI is InChI=1S/C10H13FO2S/c1-6-3-2-4-7(9(6)11)10(13)8(12)5-14/h2-4,8,10,12-14H,5H2,1H3. The highest BCUT2D eigenvalue weighted by Crippen LogP contribution is 2.22. The Bertz CT molecular complexity index is 317. The highest BCUT2D eigenvalue weighted by atomic mass is 32.1. The molecule has 4 heteroatoms. The summed E-state index contributed by atoms with van der Waals surface area (Å²) in [5.74, 6) is -0.380. The summed E-state index contributed by atoms with van der Waals surface area (Å²) in [6.45, 7) is 1.61. The Kier molecular flexibility index (Phi) is 3.92. The fourth-order valence-electron chi connectivity index (χ4n) is 1.21. The lowest BCUT2D eigenvalue weighted by Gasteiger charge is -2.17. The van der Waals surface area contributed by atoms with Gasteiger partial charge in [-0.25, -0.2) is 4.39 Å². The molecule has 1 rings (SSSR count). The van der Waals surface area contributed by atoms with Gasteiger partial charge in [-0.15, -0.1) is 0 Å². The first-order valence-electron chi connectivity index (χ1n) is 4.30. The molecule has 2 nitrogen and oxygen atoms in total. The third kappa shape index (κ3) is 2.26. The van der Waals surface area contributed by atoms with Gasteiger partial charge < -0.3 is 10.2 Å². The van der Waals surface area contributed by atoms with Gasteiger partial charge in [0, 0.05) is 11.3 Å². The summed E-state index contributed by atoms with van der Waals surface area (Å²) in [6.07, 6.45) is -2.26. The Balaban J connectivity index is 3.01. The second-order valence-corrected chi connectivity index (χ2v) is 3.54. The van der Waals surface area contributed by atoms with E-state index in [0.717, 1.165) is 0 Å².